The Bertz CT molecular complexity index is 431. The molecule has 0 aliphatic heterocycles. The van der Waals surface area contributed by atoms with Crippen molar-refractivity contribution < 1.29 is 9.90 Å². The molecule has 0 bridgehead atoms. The number of hydrogen-bond donors (Lipinski definition) is 1. The Kier molecular flexibility index (Phi) is 3.73. The van der Waals surface area contributed by atoms with Crippen LogP contribution in [0.4, 0.5) is 0 Å². The highest BCUT2D eigenvalue weighted by molar-refractivity contribution is 5.75. The first-order valence-corrected chi connectivity index (χ1v) is 6.90. The van der Waals surface area contributed by atoms with Crippen molar-refractivity contribution in [3.8, 4) is 0 Å². The molecule has 0 unspecified atom stereocenters. The minimum Gasteiger partial charge on any atom is -0.481 e. The first-order chi connectivity index (χ1) is 8.61. The van der Waals surface area contributed by atoms with Crippen LogP contribution in [0.25, 0.3) is 0 Å². The molecular weight excluding hydrogens is 228 g/mol. The standard InChI is InChI=1S/C14H22N2O2/c1-3-11-9-12(16(4-2)15-11)10-14(13(17)18)7-5-6-8-14/h9H,3-8,10H2,1-2H3,(H,17,18). The monoisotopic (exact) mass is 250 g/mol. The van der Waals surface area contributed by atoms with Crippen LogP contribution in [-0.4, -0.2) is 20.9 Å². The molecule has 18 heavy (non-hydrogen) atoms. The predicted molar refractivity (Wildman–Crippen MR) is 69.5 cm³/mol. The quantitative estimate of drug-likeness (QED) is 0.874. The minimum atomic E-state index is -0.637. The van der Waals surface area contributed by atoms with E-state index in [9.17, 15) is 9.90 Å². The lowest BCUT2D eigenvalue weighted by Crippen LogP contribution is -2.31. The molecule has 1 heterocycles. The van der Waals surface area contributed by atoms with Crippen LogP contribution < -0.4 is 0 Å². The maximum absolute atomic E-state index is 11.6. The molecule has 4 nitrogen and oxygen atoms in total. The molecule has 1 aliphatic carbocycles. The molecule has 0 saturated heterocycles. The van der Waals surface area contributed by atoms with Crippen molar-refractivity contribution in [3.05, 3.63) is 17.5 Å². The Balaban J connectivity index is 2.26. The normalized spacial score (nSPS) is 18.1. The van der Waals surface area contributed by atoms with E-state index in [1.807, 2.05) is 4.68 Å². The third-order valence-corrected chi connectivity index (χ3v) is 4.11. The second-order valence-corrected chi connectivity index (χ2v) is 5.27. The van der Waals surface area contributed by atoms with E-state index in [4.69, 9.17) is 0 Å². The van der Waals surface area contributed by atoms with Crippen molar-refractivity contribution in [1.82, 2.24) is 9.78 Å². The van der Waals surface area contributed by atoms with E-state index < -0.39 is 11.4 Å². The summed E-state index contributed by atoms with van der Waals surface area (Å²) in [5.41, 5.74) is 1.60. The summed E-state index contributed by atoms with van der Waals surface area (Å²) in [5.74, 6) is -0.637. The highest BCUT2D eigenvalue weighted by Gasteiger charge is 2.42. The molecule has 0 radical (unpaired) electrons. The molecule has 2 rings (SSSR count). The Morgan fingerprint density at radius 2 is 2.11 bits per heavy atom. The Labute approximate surface area is 108 Å². The average molecular weight is 250 g/mol. The fraction of sp³-hybridized carbons (Fsp3) is 0.714. The first-order valence-electron chi connectivity index (χ1n) is 6.90. The van der Waals surface area contributed by atoms with Crippen LogP contribution in [0, 0.1) is 5.41 Å². The van der Waals surface area contributed by atoms with Gasteiger partial charge in [0.1, 0.15) is 0 Å². The van der Waals surface area contributed by atoms with Crippen LogP contribution >= 0.6 is 0 Å². The Hall–Kier alpha value is -1.32. The summed E-state index contributed by atoms with van der Waals surface area (Å²) in [5, 5.41) is 14.0. The molecule has 1 aliphatic rings. The second kappa shape index (κ2) is 5.12. The van der Waals surface area contributed by atoms with Gasteiger partial charge in [-0.1, -0.05) is 19.8 Å². The van der Waals surface area contributed by atoms with Gasteiger partial charge in [0.05, 0.1) is 11.1 Å². The van der Waals surface area contributed by atoms with Crippen molar-refractivity contribution in [2.75, 3.05) is 0 Å². The molecule has 4 heteroatoms. The molecule has 0 spiro atoms. The van der Waals surface area contributed by atoms with E-state index in [0.29, 0.717) is 6.42 Å². The molecular formula is C14H22N2O2. The summed E-state index contributed by atoms with van der Waals surface area (Å²) < 4.78 is 1.96. The van der Waals surface area contributed by atoms with Crippen LogP contribution in [0.5, 0.6) is 0 Å². The van der Waals surface area contributed by atoms with Crippen LogP contribution in [0.2, 0.25) is 0 Å². The summed E-state index contributed by atoms with van der Waals surface area (Å²) in [6.07, 6.45) is 5.21. The largest absolute Gasteiger partial charge is 0.481 e. The van der Waals surface area contributed by atoms with Crippen LogP contribution in [0.15, 0.2) is 6.07 Å². The van der Waals surface area contributed by atoms with Crippen molar-refractivity contribution in [2.45, 2.75) is 58.9 Å². The SMILES string of the molecule is CCc1cc(CC2(C(=O)O)CCCC2)n(CC)n1. The summed E-state index contributed by atoms with van der Waals surface area (Å²) in [7, 11) is 0. The predicted octanol–water partition coefficient (Wildman–Crippen LogP) is 2.65. The van der Waals surface area contributed by atoms with Gasteiger partial charge in [-0.3, -0.25) is 9.48 Å². The van der Waals surface area contributed by atoms with Crippen LogP contribution in [0.1, 0.15) is 50.9 Å². The third-order valence-electron chi connectivity index (χ3n) is 4.11. The van der Waals surface area contributed by atoms with Crippen LogP contribution in [0.3, 0.4) is 0 Å². The van der Waals surface area contributed by atoms with Gasteiger partial charge >= 0.3 is 5.97 Å². The molecule has 1 fully saturated rings. The minimum absolute atomic E-state index is 0.544. The van der Waals surface area contributed by atoms with Crippen molar-refractivity contribution in [1.29, 1.82) is 0 Å². The highest BCUT2D eigenvalue weighted by atomic mass is 16.4. The number of aromatic nitrogens is 2. The number of carboxylic acid groups (broad SMARTS) is 1. The number of aliphatic carboxylic acids is 1. The van der Waals surface area contributed by atoms with Crippen LogP contribution in [-0.2, 0) is 24.2 Å². The lowest BCUT2D eigenvalue weighted by atomic mass is 9.81. The zero-order chi connectivity index (χ0) is 13.2. The number of rotatable bonds is 5. The molecule has 100 valence electrons. The number of hydrogen-bond acceptors (Lipinski definition) is 2. The van der Waals surface area contributed by atoms with E-state index in [1.165, 1.54) is 0 Å². The summed E-state index contributed by atoms with van der Waals surface area (Å²) in [6, 6.07) is 2.08. The Morgan fingerprint density at radius 3 is 2.61 bits per heavy atom. The maximum Gasteiger partial charge on any atom is 0.310 e. The third kappa shape index (κ3) is 2.28. The Morgan fingerprint density at radius 1 is 1.44 bits per heavy atom. The molecule has 0 aromatic carbocycles. The van der Waals surface area contributed by atoms with Crippen molar-refractivity contribution >= 4 is 5.97 Å². The van der Waals surface area contributed by atoms with Gasteiger partial charge in [0, 0.05) is 18.7 Å². The van der Waals surface area contributed by atoms with Gasteiger partial charge in [-0.25, -0.2) is 0 Å². The fourth-order valence-corrected chi connectivity index (χ4v) is 2.97. The van der Waals surface area contributed by atoms with E-state index in [-0.39, 0.29) is 0 Å². The molecule has 1 N–H and O–H groups in total. The lowest BCUT2D eigenvalue weighted by Gasteiger charge is -2.23. The van der Waals surface area contributed by atoms with Crippen molar-refractivity contribution in [3.63, 3.8) is 0 Å². The van der Waals surface area contributed by atoms with E-state index >= 15 is 0 Å². The first kappa shape index (κ1) is 13.1. The summed E-state index contributed by atoms with van der Waals surface area (Å²) in [6.45, 7) is 4.94. The second-order valence-electron chi connectivity index (χ2n) is 5.27. The highest BCUT2D eigenvalue weighted by Crippen LogP contribution is 2.41. The zero-order valence-corrected chi connectivity index (χ0v) is 11.3. The number of nitrogens with zero attached hydrogens (tertiary/aromatic N) is 2. The summed E-state index contributed by atoms with van der Waals surface area (Å²) in [4.78, 5) is 11.6. The van der Waals surface area contributed by atoms with Gasteiger partial charge in [0.25, 0.3) is 0 Å². The van der Waals surface area contributed by atoms with E-state index in [1.54, 1.807) is 0 Å². The molecule has 1 aromatic heterocycles. The average Bonchev–Trinajstić information content (AvgIpc) is 2.97. The maximum atomic E-state index is 11.6. The fourth-order valence-electron chi connectivity index (χ4n) is 2.97. The smallest absolute Gasteiger partial charge is 0.310 e. The van der Waals surface area contributed by atoms with Gasteiger partial charge in [0.15, 0.2) is 0 Å². The van der Waals surface area contributed by atoms with Gasteiger partial charge in [-0.15, -0.1) is 0 Å². The topological polar surface area (TPSA) is 55.1 Å². The van der Waals surface area contributed by atoms with E-state index in [0.717, 1.165) is 50.0 Å². The molecule has 1 saturated carbocycles. The van der Waals surface area contributed by atoms with E-state index in [2.05, 4.69) is 25.0 Å². The van der Waals surface area contributed by atoms with Gasteiger partial charge < -0.3 is 5.11 Å². The lowest BCUT2D eigenvalue weighted by molar-refractivity contribution is -0.148. The number of carbonyl (C=O) groups is 1. The molecule has 0 amide bonds. The number of carboxylic acids is 1. The van der Waals surface area contributed by atoms with Crippen molar-refractivity contribution in [2.24, 2.45) is 5.41 Å². The van der Waals surface area contributed by atoms with Gasteiger partial charge in [-0.2, -0.15) is 5.10 Å². The zero-order valence-electron chi connectivity index (χ0n) is 11.3. The summed E-state index contributed by atoms with van der Waals surface area (Å²) >= 11 is 0. The van der Waals surface area contributed by atoms with Gasteiger partial charge in [0.2, 0.25) is 0 Å². The number of aryl methyl sites for hydroxylation is 2. The van der Waals surface area contributed by atoms with Gasteiger partial charge in [-0.05, 0) is 32.3 Å². The molecule has 0 atom stereocenters. The molecule has 1 aromatic rings.